The number of ether oxygens (including phenoxy) is 1. The number of fused-ring (bicyclic) bond motifs is 1. The minimum atomic E-state index is 0.706. The summed E-state index contributed by atoms with van der Waals surface area (Å²) in [5.74, 6) is 1.56. The average Bonchev–Trinajstić information content (AvgIpc) is 2.95. The molecule has 22 heavy (non-hydrogen) atoms. The Morgan fingerprint density at radius 2 is 2.09 bits per heavy atom. The normalized spacial score (nSPS) is 15.5. The molecule has 2 aromatic rings. The summed E-state index contributed by atoms with van der Waals surface area (Å²) in [7, 11) is 1.67. The topological polar surface area (TPSA) is 60.5 Å². The number of hydrogen-bond donors (Lipinski definition) is 1. The van der Waals surface area contributed by atoms with Gasteiger partial charge in [-0.15, -0.1) is 11.3 Å². The summed E-state index contributed by atoms with van der Waals surface area (Å²) in [5, 5.41) is 0.979. The number of aliphatic imine (C=N–C) groups is 1. The number of benzene rings is 1. The first-order chi connectivity index (χ1) is 10.7. The lowest BCUT2D eigenvalue weighted by Gasteiger charge is -2.05. The number of aromatic nitrogens is 1. The highest BCUT2D eigenvalue weighted by atomic mass is 32.1. The van der Waals surface area contributed by atoms with Crippen molar-refractivity contribution in [3.63, 3.8) is 0 Å². The summed E-state index contributed by atoms with van der Waals surface area (Å²) in [6, 6.07) is 5.92. The highest BCUT2D eigenvalue weighted by Gasteiger charge is 2.03. The molecule has 5 heteroatoms. The standard InChI is InChI=1S/C17H17N3OS/c1-21-13-7-8-14-15(10-13)22-17(20-14)5-3-2-4-12-6-9-16(18)19-11-12/h2-5,7-8,10-11H,6,9H2,1H3,(H2,18,19)/b4-2+,5-3+. The van der Waals surface area contributed by atoms with Crippen LogP contribution >= 0.6 is 11.3 Å². The molecule has 1 aromatic heterocycles. The van der Waals surface area contributed by atoms with Crippen LogP contribution in [0.1, 0.15) is 17.8 Å². The molecule has 0 fully saturated rings. The number of nitrogens with two attached hydrogens (primary N) is 1. The molecule has 1 aromatic carbocycles. The van der Waals surface area contributed by atoms with Crippen molar-refractivity contribution in [1.82, 2.24) is 4.98 Å². The van der Waals surface area contributed by atoms with E-state index in [1.165, 1.54) is 5.57 Å². The van der Waals surface area contributed by atoms with E-state index in [0.717, 1.165) is 33.8 Å². The fourth-order valence-electron chi connectivity index (χ4n) is 2.13. The number of amidine groups is 1. The van der Waals surface area contributed by atoms with Crippen LogP contribution in [-0.2, 0) is 0 Å². The summed E-state index contributed by atoms with van der Waals surface area (Å²) in [5.41, 5.74) is 7.82. The third-order valence-electron chi connectivity index (χ3n) is 3.34. The van der Waals surface area contributed by atoms with Gasteiger partial charge in [0.05, 0.1) is 23.2 Å². The quantitative estimate of drug-likeness (QED) is 0.871. The van der Waals surface area contributed by atoms with Crippen LogP contribution in [0.2, 0.25) is 0 Å². The molecular formula is C17H17N3OS. The lowest BCUT2D eigenvalue weighted by molar-refractivity contribution is 0.415. The number of hydrogen-bond acceptors (Lipinski definition) is 5. The van der Waals surface area contributed by atoms with E-state index >= 15 is 0 Å². The molecule has 0 atom stereocenters. The van der Waals surface area contributed by atoms with E-state index in [-0.39, 0.29) is 0 Å². The van der Waals surface area contributed by atoms with E-state index < -0.39 is 0 Å². The van der Waals surface area contributed by atoms with Crippen molar-refractivity contribution in [2.45, 2.75) is 12.8 Å². The first-order valence-corrected chi connectivity index (χ1v) is 7.87. The SMILES string of the molecule is COc1ccc2nc(/C=C/C=C/C3=CN=C(N)CC3)sc2c1. The smallest absolute Gasteiger partial charge is 0.120 e. The predicted octanol–water partition coefficient (Wildman–Crippen LogP) is 3.91. The Morgan fingerprint density at radius 3 is 2.86 bits per heavy atom. The molecule has 3 rings (SSSR count). The number of rotatable bonds is 4. The molecule has 0 radical (unpaired) electrons. The molecule has 4 nitrogen and oxygen atoms in total. The summed E-state index contributed by atoms with van der Waals surface area (Å²) >= 11 is 1.65. The van der Waals surface area contributed by atoms with Crippen molar-refractivity contribution in [1.29, 1.82) is 0 Å². The molecule has 0 unspecified atom stereocenters. The van der Waals surface area contributed by atoms with E-state index in [9.17, 15) is 0 Å². The van der Waals surface area contributed by atoms with Crippen LogP contribution in [0.4, 0.5) is 0 Å². The first kappa shape index (κ1) is 14.5. The summed E-state index contributed by atoms with van der Waals surface area (Å²) < 4.78 is 6.36. The van der Waals surface area contributed by atoms with Gasteiger partial charge in [0.25, 0.3) is 0 Å². The Morgan fingerprint density at radius 1 is 1.23 bits per heavy atom. The third kappa shape index (κ3) is 3.43. The lowest BCUT2D eigenvalue weighted by atomic mass is 10.1. The second kappa shape index (κ2) is 6.58. The van der Waals surface area contributed by atoms with E-state index in [1.54, 1.807) is 18.4 Å². The van der Waals surface area contributed by atoms with Crippen molar-refractivity contribution in [2.24, 2.45) is 10.7 Å². The van der Waals surface area contributed by atoms with Gasteiger partial charge in [0.2, 0.25) is 0 Å². The van der Waals surface area contributed by atoms with E-state index in [2.05, 4.69) is 16.1 Å². The van der Waals surface area contributed by atoms with Crippen LogP contribution in [-0.4, -0.2) is 17.9 Å². The molecule has 0 amide bonds. The molecule has 1 aliphatic rings. The fraction of sp³-hybridized carbons (Fsp3) is 0.176. The fourth-order valence-corrected chi connectivity index (χ4v) is 3.04. The summed E-state index contributed by atoms with van der Waals surface area (Å²) in [6.07, 6.45) is 11.7. The van der Waals surface area contributed by atoms with Crippen LogP contribution in [0.15, 0.2) is 53.2 Å². The maximum atomic E-state index is 5.64. The van der Waals surface area contributed by atoms with E-state index in [0.29, 0.717) is 5.84 Å². The van der Waals surface area contributed by atoms with Gasteiger partial charge in [-0.3, -0.25) is 0 Å². The van der Waals surface area contributed by atoms with Crippen molar-refractivity contribution in [3.05, 3.63) is 53.2 Å². The summed E-state index contributed by atoms with van der Waals surface area (Å²) in [6.45, 7) is 0. The summed E-state index contributed by atoms with van der Waals surface area (Å²) in [4.78, 5) is 8.70. The maximum absolute atomic E-state index is 5.64. The molecule has 0 bridgehead atoms. The van der Waals surface area contributed by atoms with Gasteiger partial charge in [-0.1, -0.05) is 18.2 Å². The van der Waals surface area contributed by atoms with Gasteiger partial charge in [-0.05, 0) is 36.3 Å². The molecular weight excluding hydrogens is 294 g/mol. The molecule has 0 spiro atoms. The maximum Gasteiger partial charge on any atom is 0.120 e. The third-order valence-corrected chi connectivity index (χ3v) is 4.32. The van der Waals surface area contributed by atoms with Crippen molar-refractivity contribution in [2.75, 3.05) is 7.11 Å². The number of allylic oxidation sites excluding steroid dienone is 4. The van der Waals surface area contributed by atoms with Gasteiger partial charge in [-0.25, -0.2) is 9.98 Å². The first-order valence-electron chi connectivity index (χ1n) is 7.05. The Kier molecular flexibility index (Phi) is 4.34. The van der Waals surface area contributed by atoms with Crippen LogP contribution in [0.3, 0.4) is 0 Å². The second-order valence-electron chi connectivity index (χ2n) is 4.93. The van der Waals surface area contributed by atoms with Gasteiger partial charge in [-0.2, -0.15) is 0 Å². The monoisotopic (exact) mass is 311 g/mol. The molecule has 112 valence electrons. The zero-order chi connectivity index (χ0) is 15.4. The van der Waals surface area contributed by atoms with Crippen molar-refractivity contribution in [3.8, 4) is 5.75 Å². The molecule has 2 heterocycles. The van der Waals surface area contributed by atoms with E-state index in [1.807, 2.05) is 42.6 Å². The molecule has 1 aliphatic heterocycles. The van der Waals surface area contributed by atoms with Crippen LogP contribution in [0, 0.1) is 0 Å². The Bertz CT molecular complexity index is 799. The zero-order valence-corrected chi connectivity index (χ0v) is 13.1. The van der Waals surface area contributed by atoms with Gasteiger partial charge in [0, 0.05) is 12.6 Å². The van der Waals surface area contributed by atoms with Crippen molar-refractivity contribution >= 4 is 33.5 Å². The minimum absolute atomic E-state index is 0.706. The molecule has 2 N–H and O–H groups in total. The van der Waals surface area contributed by atoms with Crippen LogP contribution in [0.5, 0.6) is 5.75 Å². The van der Waals surface area contributed by atoms with Crippen LogP contribution in [0.25, 0.3) is 16.3 Å². The second-order valence-corrected chi connectivity index (χ2v) is 5.99. The molecule has 0 saturated heterocycles. The van der Waals surface area contributed by atoms with Gasteiger partial charge in [0.15, 0.2) is 0 Å². The number of methoxy groups -OCH3 is 1. The minimum Gasteiger partial charge on any atom is -0.497 e. The zero-order valence-electron chi connectivity index (χ0n) is 12.3. The predicted molar refractivity (Wildman–Crippen MR) is 93.3 cm³/mol. The number of thiazole rings is 1. The molecule has 0 saturated carbocycles. The Hall–Kier alpha value is -2.40. The highest BCUT2D eigenvalue weighted by Crippen LogP contribution is 2.26. The lowest BCUT2D eigenvalue weighted by Crippen LogP contribution is -2.13. The van der Waals surface area contributed by atoms with Crippen LogP contribution < -0.4 is 10.5 Å². The highest BCUT2D eigenvalue weighted by molar-refractivity contribution is 7.19. The van der Waals surface area contributed by atoms with Gasteiger partial charge in [0.1, 0.15) is 10.8 Å². The Balaban J connectivity index is 1.70. The number of nitrogens with zero attached hydrogens (tertiary/aromatic N) is 2. The van der Waals surface area contributed by atoms with Crippen molar-refractivity contribution < 1.29 is 4.74 Å². The van der Waals surface area contributed by atoms with Gasteiger partial charge < -0.3 is 10.5 Å². The largest absolute Gasteiger partial charge is 0.497 e. The van der Waals surface area contributed by atoms with Gasteiger partial charge >= 0.3 is 0 Å². The molecule has 0 aliphatic carbocycles. The Labute approximate surface area is 133 Å². The van der Waals surface area contributed by atoms with E-state index in [4.69, 9.17) is 10.5 Å². The average molecular weight is 311 g/mol.